The lowest BCUT2D eigenvalue weighted by atomic mass is 10.2. The van der Waals surface area contributed by atoms with E-state index in [1.165, 1.54) is 0 Å². The first-order chi connectivity index (χ1) is 6.15. The fourth-order valence-corrected chi connectivity index (χ4v) is 1.93. The van der Waals surface area contributed by atoms with Gasteiger partial charge < -0.3 is 11.5 Å². The van der Waals surface area contributed by atoms with Gasteiger partial charge in [-0.05, 0) is 13.0 Å². The van der Waals surface area contributed by atoms with Crippen molar-refractivity contribution in [3.63, 3.8) is 0 Å². The molecular weight excluding hydrogens is 180 g/mol. The molecule has 2 nitrogen and oxygen atoms in total. The molecule has 0 aliphatic heterocycles. The zero-order chi connectivity index (χ0) is 9.84. The van der Waals surface area contributed by atoms with Crippen LogP contribution in [-0.2, 0) is 0 Å². The Morgan fingerprint density at radius 3 is 2.85 bits per heavy atom. The van der Waals surface area contributed by atoms with Crippen LogP contribution in [0.25, 0.3) is 5.70 Å². The molecule has 3 heteroatoms. The van der Waals surface area contributed by atoms with Gasteiger partial charge in [0.05, 0.1) is 11.4 Å². The minimum Gasteiger partial charge on any atom is -0.399 e. The summed E-state index contributed by atoms with van der Waals surface area (Å²) in [7, 11) is 0. The summed E-state index contributed by atoms with van der Waals surface area (Å²) < 4.78 is 0. The lowest BCUT2D eigenvalue weighted by Crippen LogP contribution is -1.93. The standard InChI is InChI=1S/C10H12N2S/c1-7(12)10-6-9(4-3-5-11)13-8(10)2/h6H,1,5,11-12H2,2H3. The molecule has 0 bridgehead atoms. The van der Waals surface area contributed by atoms with Crippen LogP contribution in [0.3, 0.4) is 0 Å². The zero-order valence-corrected chi connectivity index (χ0v) is 8.37. The van der Waals surface area contributed by atoms with E-state index in [4.69, 9.17) is 11.5 Å². The van der Waals surface area contributed by atoms with Crippen molar-refractivity contribution in [2.75, 3.05) is 6.54 Å². The van der Waals surface area contributed by atoms with Gasteiger partial charge in [-0.25, -0.2) is 0 Å². The van der Waals surface area contributed by atoms with Crippen molar-refractivity contribution in [2.45, 2.75) is 6.92 Å². The maximum atomic E-state index is 5.60. The molecule has 0 atom stereocenters. The number of thiophene rings is 1. The molecule has 4 N–H and O–H groups in total. The Hall–Kier alpha value is -1.24. The quantitative estimate of drug-likeness (QED) is 0.659. The largest absolute Gasteiger partial charge is 0.399 e. The van der Waals surface area contributed by atoms with Crippen molar-refractivity contribution in [1.82, 2.24) is 0 Å². The molecule has 0 unspecified atom stereocenters. The van der Waals surface area contributed by atoms with Gasteiger partial charge >= 0.3 is 0 Å². The molecule has 0 spiro atoms. The highest BCUT2D eigenvalue weighted by Gasteiger charge is 2.03. The molecule has 1 rings (SSSR count). The van der Waals surface area contributed by atoms with Crippen LogP contribution in [0, 0.1) is 18.8 Å². The SMILES string of the molecule is C=C(N)c1cc(C#CCN)sc1C. The van der Waals surface area contributed by atoms with Crippen LogP contribution in [0.2, 0.25) is 0 Å². The summed E-state index contributed by atoms with van der Waals surface area (Å²) in [5.41, 5.74) is 12.4. The maximum Gasteiger partial charge on any atom is 0.0778 e. The van der Waals surface area contributed by atoms with Crippen molar-refractivity contribution in [3.8, 4) is 11.8 Å². The molecule has 1 heterocycles. The van der Waals surface area contributed by atoms with Gasteiger partial charge in [0.1, 0.15) is 0 Å². The average molecular weight is 192 g/mol. The van der Waals surface area contributed by atoms with Gasteiger partial charge in [-0.15, -0.1) is 11.3 Å². The Balaban J connectivity index is 3.02. The van der Waals surface area contributed by atoms with Gasteiger partial charge in [0.15, 0.2) is 0 Å². The van der Waals surface area contributed by atoms with Gasteiger partial charge in [0.25, 0.3) is 0 Å². The molecule has 0 amide bonds. The summed E-state index contributed by atoms with van der Waals surface area (Å²) in [5, 5.41) is 0. The maximum absolute atomic E-state index is 5.60. The molecule has 68 valence electrons. The molecule has 0 radical (unpaired) electrons. The van der Waals surface area contributed by atoms with E-state index in [1.54, 1.807) is 11.3 Å². The van der Waals surface area contributed by atoms with Crippen LogP contribution in [0.15, 0.2) is 12.6 Å². The second kappa shape index (κ2) is 4.13. The van der Waals surface area contributed by atoms with Gasteiger partial charge in [0, 0.05) is 16.1 Å². The van der Waals surface area contributed by atoms with Crippen molar-refractivity contribution < 1.29 is 0 Å². The number of hydrogen-bond acceptors (Lipinski definition) is 3. The molecule has 1 aromatic heterocycles. The molecule has 0 aliphatic carbocycles. The lowest BCUT2D eigenvalue weighted by Gasteiger charge is -1.93. The van der Waals surface area contributed by atoms with Gasteiger partial charge in [0.2, 0.25) is 0 Å². The first-order valence-electron chi connectivity index (χ1n) is 3.89. The van der Waals surface area contributed by atoms with Crippen LogP contribution in [0.4, 0.5) is 0 Å². The Kier molecular flexibility index (Phi) is 3.13. The summed E-state index contributed by atoms with van der Waals surface area (Å²) in [5.74, 6) is 5.77. The Morgan fingerprint density at radius 2 is 2.38 bits per heavy atom. The van der Waals surface area contributed by atoms with Crippen molar-refractivity contribution in [1.29, 1.82) is 0 Å². The molecule has 0 aromatic carbocycles. The van der Waals surface area contributed by atoms with Crippen LogP contribution in [0.1, 0.15) is 15.3 Å². The third-order valence-corrected chi connectivity index (χ3v) is 2.54. The van der Waals surface area contributed by atoms with E-state index in [1.807, 2.05) is 13.0 Å². The second-order valence-corrected chi connectivity index (χ2v) is 3.87. The molecule has 13 heavy (non-hydrogen) atoms. The van der Waals surface area contributed by atoms with Gasteiger partial charge in [-0.3, -0.25) is 0 Å². The number of aryl methyl sites for hydroxylation is 1. The first kappa shape index (κ1) is 9.85. The first-order valence-corrected chi connectivity index (χ1v) is 4.71. The van der Waals surface area contributed by atoms with Gasteiger partial charge in [-0.1, -0.05) is 18.4 Å². The lowest BCUT2D eigenvalue weighted by molar-refractivity contribution is 1.30. The van der Waals surface area contributed by atoms with Crippen LogP contribution >= 0.6 is 11.3 Å². The summed E-state index contributed by atoms with van der Waals surface area (Å²) in [6.45, 7) is 6.08. The molecule has 0 fully saturated rings. The molecular formula is C10H12N2S. The smallest absolute Gasteiger partial charge is 0.0778 e. The van der Waals surface area contributed by atoms with E-state index in [9.17, 15) is 0 Å². The van der Waals surface area contributed by atoms with E-state index < -0.39 is 0 Å². The third-order valence-electron chi connectivity index (χ3n) is 1.58. The number of hydrogen-bond donors (Lipinski definition) is 2. The number of nitrogens with two attached hydrogens (primary N) is 2. The Morgan fingerprint density at radius 1 is 1.69 bits per heavy atom. The second-order valence-electron chi connectivity index (χ2n) is 2.61. The van der Waals surface area contributed by atoms with Gasteiger partial charge in [-0.2, -0.15) is 0 Å². The minimum absolute atomic E-state index is 0.385. The molecule has 0 aliphatic rings. The Labute approximate surface area is 82.3 Å². The van der Waals surface area contributed by atoms with Crippen molar-refractivity contribution >= 4 is 17.0 Å². The topological polar surface area (TPSA) is 52.0 Å². The minimum atomic E-state index is 0.385. The van der Waals surface area contributed by atoms with E-state index in [0.29, 0.717) is 12.2 Å². The summed E-state index contributed by atoms with van der Waals surface area (Å²) in [4.78, 5) is 2.14. The summed E-state index contributed by atoms with van der Waals surface area (Å²) >= 11 is 1.61. The highest BCUT2D eigenvalue weighted by Crippen LogP contribution is 2.23. The fourth-order valence-electron chi connectivity index (χ4n) is 1.00. The third kappa shape index (κ3) is 2.35. The molecule has 0 saturated heterocycles. The van der Waals surface area contributed by atoms with E-state index in [2.05, 4.69) is 18.4 Å². The van der Waals surface area contributed by atoms with Crippen LogP contribution < -0.4 is 11.5 Å². The molecule has 0 saturated carbocycles. The predicted molar refractivity (Wildman–Crippen MR) is 58.2 cm³/mol. The number of rotatable bonds is 1. The Bertz CT molecular complexity index is 379. The summed E-state index contributed by atoms with van der Waals surface area (Å²) in [6, 6.07) is 1.95. The normalized spacial score (nSPS) is 9.08. The van der Waals surface area contributed by atoms with Crippen molar-refractivity contribution in [3.05, 3.63) is 28.0 Å². The molecule has 1 aromatic rings. The monoisotopic (exact) mass is 192 g/mol. The summed E-state index contributed by atoms with van der Waals surface area (Å²) in [6.07, 6.45) is 0. The predicted octanol–water partition coefficient (Wildman–Crippen LogP) is 1.30. The zero-order valence-electron chi connectivity index (χ0n) is 7.55. The average Bonchev–Trinajstić information content (AvgIpc) is 2.43. The fraction of sp³-hybridized carbons (Fsp3) is 0.200. The highest BCUT2D eigenvalue weighted by molar-refractivity contribution is 7.12. The van der Waals surface area contributed by atoms with E-state index in [-0.39, 0.29) is 0 Å². The highest BCUT2D eigenvalue weighted by atomic mass is 32.1. The van der Waals surface area contributed by atoms with Crippen molar-refractivity contribution in [2.24, 2.45) is 11.5 Å². The van der Waals surface area contributed by atoms with Crippen LogP contribution in [-0.4, -0.2) is 6.54 Å². The van der Waals surface area contributed by atoms with Crippen LogP contribution in [0.5, 0.6) is 0 Å². The van der Waals surface area contributed by atoms with E-state index in [0.717, 1.165) is 15.3 Å². The van der Waals surface area contributed by atoms with E-state index >= 15 is 0 Å².